The molecule has 2 aromatic carbocycles. The highest BCUT2D eigenvalue weighted by Gasteiger charge is 2.17. The molecular formula is C19H18ClN3O3. The van der Waals surface area contributed by atoms with Gasteiger partial charge in [0.25, 0.3) is 5.91 Å². The number of nitrogens with zero attached hydrogens (tertiary/aromatic N) is 2. The molecule has 0 fully saturated rings. The summed E-state index contributed by atoms with van der Waals surface area (Å²) in [7, 11) is 0. The van der Waals surface area contributed by atoms with Gasteiger partial charge in [-0.15, -0.1) is 0 Å². The molecule has 134 valence electrons. The van der Waals surface area contributed by atoms with Crippen LogP contribution in [0.1, 0.15) is 18.4 Å². The van der Waals surface area contributed by atoms with Gasteiger partial charge in [-0.3, -0.25) is 4.79 Å². The number of hydrogen-bond acceptors (Lipinski definition) is 5. The molecule has 1 unspecified atom stereocenters. The van der Waals surface area contributed by atoms with E-state index < -0.39 is 6.10 Å². The topological polar surface area (TPSA) is 77.2 Å². The summed E-state index contributed by atoms with van der Waals surface area (Å²) in [6.45, 7) is 3.77. The molecule has 0 saturated carbocycles. The van der Waals surface area contributed by atoms with Gasteiger partial charge in [-0.1, -0.05) is 58.7 Å². The summed E-state index contributed by atoms with van der Waals surface area (Å²) in [5, 5.41) is 7.09. The molecule has 6 nitrogen and oxygen atoms in total. The third kappa shape index (κ3) is 4.40. The van der Waals surface area contributed by atoms with Crippen LogP contribution in [0.15, 0.2) is 53.1 Å². The number of carbonyl (C=O) groups is 1. The van der Waals surface area contributed by atoms with Gasteiger partial charge < -0.3 is 14.6 Å². The van der Waals surface area contributed by atoms with Crippen molar-refractivity contribution in [1.82, 2.24) is 15.5 Å². The molecule has 0 spiro atoms. The van der Waals surface area contributed by atoms with E-state index in [1.54, 1.807) is 31.2 Å². The van der Waals surface area contributed by atoms with E-state index in [9.17, 15) is 4.79 Å². The number of aryl methyl sites for hydroxylation is 1. The highest BCUT2D eigenvalue weighted by atomic mass is 35.5. The van der Waals surface area contributed by atoms with Crippen molar-refractivity contribution >= 4 is 17.5 Å². The number of nitrogens with one attached hydrogen (secondary N) is 1. The smallest absolute Gasteiger partial charge is 0.261 e. The van der Waals surface area contributed by atoms with E-state index in [1.165, 1.54) is 0 Å². The average molecular weight is 372 g/mol. The molecule has 0 aliphatic carbocycles. The lowest BCUT2D eigenvalue weighted by Crippen LogP contribution is -2.36. The van der Waals surface area contributed by atoms with Crippen molar-refractivity contribution in [2.75, 3.05) is 0 Å². The Labute approximate surface area is 156 Å². The van der Waals surface area contributed by atoms with Crippen LogP contribution in [0.5, 0.6) is 5.75 Å². The maximum Gasteiger partial charge on any atom is 0.261 e. The van der Waals surface area contributed by atoms with E-state index >= 15 is 0 Å². The maximum atomic E-state index is 12.2. The zero-order chi connectivity index (χ0) is 18.5. The molecule has 0 saturated heterocycles. The van der Waals surface area contributed by atoms with E-state index in [2.05, 4.69) is 15.5 Å². The van der Waals surface area contributed by atoms with E-state index in [0.29, 0.717) is 22.5 Å². The molecule has 1 heterocycles. The lowest BCUT2D eigenvalue weighted by Gasteiger charge is -2.14. The zero-order valence-corrected chi connectivity index (χ0v) is 15.2. The van der Waals surface area contributed by atoms with Crippen molar-refractivity contribution in [3.8, 4) is 17.1 Å². The van der Waals surface area contributed by atoms with Crippen molar-refractivity contribution in [3.63, 3.8) is 0 Å². The monoisotopic (exact) mass is 371 g/mol. The first-order valence-electron chi connectivity index (χ1n) is 8.11. The molecule has 7 heteroatoms. The summed E-state index contributed by atoms with van der Waals surface area (Å²) < 4.78 is 10.7. The molecule has 26 heavy (non-hydrogen) atoms. The SMILES string of the molecule is Cc1ccc(-c2noc(CNC(=O)C(C)Oc3ccccc3Cl)n2)cc1. The first kappa shape index (κ1) is 17.9. The van der Waals surface area contributed by atoms with Gasteiger partial charge in [0.15, 0.2) is 6.10 Å². The quantitative estimate of drug-likeness (QED) is 0.713. The minimum Gasteiger partial charge on any atom is -0.479 e. The van der Waals surface area contributed by atoms with Crippen molar-refractivity contribution in [1.29, 1.82) is 0 Å². The van der Waals surface area contributed by atoms with Gasteiger partial charge in [-0.25, -0.2) is 0 Å². The van der Waals surface area contributed by atoms with Crippen LogP contribution >= 0.6 is 11.6 Å². The molecule has 1 atom stereocenters. The second-order valence-corrected chi connectivity index (χ2v) is 6.19. The van der Waals surface area contributed by atoms with Crippen LogP contribution in [0.3, 0.4) is 0 Å². The highest BCUT2D eigenvalue weighted by Crippen LogP contribution is 2.24. The minimum atomic E-state index is -0.714. The number of carbonyl (C=O) groups excluding carboxylic acids is 1. The van der Waals surface area contributed by atoms with Gasteiger partial charge in [-0.2, -0.15) is 4.98 Å². The van der Waals surface area contributed by atoms with Gasteiger partial charge in [0.1, 0.15) is 5.75 Å². The molecular weight excluding hydrogens is 354 g/mol. The number of ether oxygens (including phenoxy) is 1. The van der Waals surface area contributed by atoms with Crippen LogP contribution < -0.4 is 10.1 Å². The Bertz CT molecular complexity index is 893. The number of hydrogen-bond donors (Lipinski definition) is 1. The molecule has 0 radical (unpaired) electrons. The van der Waals surface area contributed by atoms with E-state index in [0.717, 1.165) is 11.1 Å². The van der Waals surface area contributed by atoms with Crippen molar-refractivity contribution in [2.45, 2.75) is 26.5 Å². The van der Waals surface area contributed by atoms with Gasteiger partial charge >= 0.3 is 0 Å². The van der Waals surface area contributed by atoms with E-state index in [4.69, 9.17) is 20.9 Å². The fourth-order valence-corrected chi connectivity index (χ4v) is 2.42. The van der Waals surface area contributed by atoms with Crippen LogP contribution in [-0.2, 0) is 11.3 Å². The Balaban J connectivity index is 1.56. The fraction of sp³-hybridized carbons (Fsp3) is 0.211. The third-order valence-electron chi connectivity index (χ3n) is 3.70. The maximum absolute atomic E-state index is 12.2. The van der Waals surface area contributed by atoms with Gasteiger partial charge in [0, 0.05) is 5.56 Å². The van der Waals surface area contributed by atoms with Gasteiger partial charge in [-0.05, 0) is 26.0 Å². The Morgan fingerprint density at radius 2 is 1.96 bits per heavy atom. The normalized spacial score (nSPS) is 11.8. The molecule has 3 aromatic rings. The Hall–Kier alpha value is -2.86. The van der Waals surface area contributed by atoms with Crippen LogP contribution in [0.4, 0.5) is 0 Å². The predicted octanol–water partition coefficient (Wildman–Crippen LogP) is 3.78. The van der Waals surface area contributed by atoms with E-state index in [-0.39, 0.29) is 12.5 Å². The van der Waals surface area contributed by atoms with Crippen LogP contribution in [0.25, 0.3) is 11.4 Å². The zero-order valence-electron chi connectivity index (χ0n) is 14.4. The number of aromatic nitrogens is 2. The van der Waals surface area contributed by atoms with Gasteiger partial charge in [0.2, 0.25) is 11.7 Å². The van der Waals surface area contributed by atoms with Crippen LogP contribution in [0, 0.1) is 6.92 Å². The van der Waals surface area contributed by atoms with Crippen LogP contribution in [0.2, 0.25) is 5.02 Å². The largest absolute Gasteiger partial charge is 0.479 e. The number of para-hydroxylation sites is 1. The summed E-state index contributed by atoms with van der Waals surface area (Å²) in [6, 6.07) is 14.8. The number of benzene rings is 2. The lowest BCUT2D eigenvalue weighted by molar-refractivity contribution is -0.127. The molecule has 0 aliphatic rings. The first-order valence-corrected chi connectivity index (χ1v) is 8.49. The van der Waals surface area contributed by atoms with Crippen molar-refractivity contribution in [3.05, 3.63) is 65.0 Å². The minimum absolute atomic E-state index is 0.119. The molecule has 0 bridgehead atoms. The number of rotatable bonds is 6. The van der Waals surface area contributed by atoms with E-state index in [1.807, 2.05) is 31.2 Å². The molecule has 0 aliphatic heterocycles. The fourth-order valence-electron chi connectivity index (χ4n) is 2.24. The number of amides is 1. The van der Waals surface area contributed by atoms with Crippen LogP contribution in [-0.4, -0.2) is 22.2 Å². The number of halogens is 1. The third-order valence-corrected chi connectivity index (χ3v) is 4.01. The first-order chi connectivity index (χ1) is 12.5. The molecule has 1 aromatic heterocycles. The summed E-state index contributed by atoms with van der Waals surface area (Å²) in [4.78, 5) is 16.5. The summed E-state index contributed by atoms with van der Waals surface area (Å²) >= 11 is 6.03. The highest BCUT2D eigenvalue weighted by molar-refractivity contribution is 6.32. The molecule has 1 N–H and O–H groups in total. The summed E-state index contributed by atoms with van der Waals surface area (Å²) in [5.41, 5.74) is 2.00. The summed E-state index contributed by atoms with van der Waals surface area (Å²) in [5.74, 6) is 0.949. The lowest BCUT2D eigenvalue weighted by atomic mass is 10.1. The Morgan fingerprint density at radius 3 is 2.69 bits per heavy atom. The molecule has 3 rings (SSSR count). The second-order valence-electron chi connectivity index (χ2n) is 5.79. The summed E-state index contributed by atoms with van der Waals surface area (Å²) in [6.07, 6.45) is -0.714. The predicted molar refractivity (Wildman–Crippen MR) is 97.9 cm³/mol. The van der Waals surface area contributed by atoms with Crippen molar-refractivity contribution < 1.29 is 14.1 Å². The van der Waals surface area contributed by atoms with Gasteiger partial charge in [0.05, 0.1) is 11.6 Å². The Morgan fingerprint density at radius 1 is 1.23 bits per heavy atom. The average Bonchev–Trinajstić information content (AvgIpc) is 3.11. The molecule has 1 amide bonds. The van der Waals surface area contributed by atoms with Crippen molar-refractivity contribution in [2.24, 2.45) is 0 Å². The standard InChI is InChI=1S/C19H18ClN3O3/c1-12-7-9-14(10-8-12)18-22-17(26-23-18)11-21-19(24)13(2)25-16-6-4-3-5-15(16)20/h3-10,13H,11H2,1-2H3,(H,21,24). The second kappa shape index (κ2) is 8.01. The Kier molecular flexibility index (Phi) is 5.53.